The number of benzene rings is 2. The summed E-state index contributed by atoms with van der Waals surface area (Å²) in [7, 11) is 0. The second-order valence-electron chi connectivity index (χ2n) is 6.49. The van der Waals surface area contributed by atoms with Gasteiger partial charge >= 0.3 is 0 Å². The Kier molecular flexibility index (Phi) is 7.65. The van der Waals surface area contributed by atoms with E-state index in [0.29, 0.717) is 12.5 Å². The number of hydrogen-bond acceptors (Lipinski definition) is 3. The third-order valence-corrected chi connectivity index (χ3v) is 4.50. The van der Waals surface area contributed by atoms with Crippen molar-refractivity contribution < 1.29 is 9.47 Å². The topological polar surface area (TPSA) is 30.5 Å². The van der Waals surface area contributed by atoms with E-state index in [4.69, 9.17) is 9.47 Å². The highest BCUT2D eigenvalue weighted by atomic mass is 16.5. The highest BCUT2D eigenvalue weighted by molar-refractivity contribution is 5.48. The Morgan fingerprint density at radius 3 is 2.52 bits per heavy atom. The molecule has 0 unspecified atom stereocenters. The van der Waals surface area contributed by atoms with Gasteiger partial charge in [0.05, 0.1) is 6.10 Å². The molecule has 0 radical (unpaired) electrons. The van der Waals surface area contributed by atoms with Crippen molar-refractivity contribution in [3.8, 4) is 11.5 Å². The first kappa shape index (κ1) is 19.2. The molecule has 0 aliphatic carbocycles. The summed E-state index contributed by atoms with van der Waals surface area (Å²) in [6.45, 7) is 10.0. The molecule has 0 bridgehead atoms. The van der Waals surface area contributed by atoms with Crippen molar-refractivity contribution in [2.45, 2.75) is 52.6 Å². The molecule has 0 spiro atoms. The minimum atomic E-state index is 0.232. The fraction of sp³-hybridized carbons (Fsp3) is 0.455. The first-order valence-electron chi connectivity index (χ1n) is 9.36. The molecular formula is C22H31NO2. The highest BCUT2D eigenvalue weighted by Crippen LogP contribution is 2.28. The minimum absolute atomic E-state index is 0.232. The zero-order valence-electron chi connectivity index (χ0n) is 15.9. The average Bonchev–Trinajstić information content (AvgIpc) is 2.65. The second-order valence-corrected chi connectivity index (χ2v) is 6.49. The number of nitrogens with one attached hydrogen (secondary N) is 1. The van der Waals surface area contributed by atoms with Crippen LogP contribution in [0.4, 0.5) is 5.69 Å². The van der Waals surface area contributed by atoms with E-state index in [1.807, 2.05) is 24.3 Å². The molecule has 1 N–H and O–H groups in total. The molecule has 0 amide bonds. The van der Waals surface area contributed by atoms with Gasteiger partial charge < -0.3 is 14.8 Å². The summed E-state index contributed by atoms with van der Waals surface area (Å²) in [6.07, 6.45) is 2.35. The van der Waals surface area contributed by atoms with Crippen molar-refractivity contribution in [2.24, 2.45) is 0 Å². The first-order chi connectivity index (χ1) is 12.1. The molecular weight excluding hydrogens is 310 g/mol. The monoisotopic (exact) mass is 341 g/mol. The van der Waals surface area contributed by atoms with E-state index in [9.17, 15) is 0 Å². The van der Waals surface area contributed by atoms with E-state index in [2.05, 4.69) is 57.3 Å². The van der Waals surface area contributed by atoms with Crippen molar-refractivity contribution >= 4 is 5.69 Å². The van der Waals surface area contributed by atoms with Crippen molar-refractivity contribution in [3.63, 3.8) is 0 Å². The number of ether oxygens (including phenoxy) is 2. The number of rotatable bonds is 10. The molecule has 0 aromatic heterocycles. The van der Waals surface area contributed by atoms with E-state index in [0.717, 1.165) is 36.6 Å². The van der Waals surface area contributed by atoms with Crippen LogP contribution in [0, 0.1) is 0 Å². The summed E-state index contributed by atoms with van der Waals surface area (Å²) in [4.78, 5) is 0. The average molecular weight is 341 g/mol. The molecule has 2 rings (SSSR count). The Bertz CT molecular complexity index is 641. The lowest BCUT2D eigenvalue weighted by atomic mass is 9.98. The van der Waals surface area contributed by atoms with Crippen LogP contribution in [-0.2, 0) is 0 Å². The molecule has 0 heterocycles. The normalized spacial score (nSPS) is 13.1. The quantitative estimate of drug-likeness (QED) is 0.548. The maximum absolute atomic E-state index is 6.00. The molecule has 2 aromatic carbocycles. The summed E-state index contributed by atoms with van der Waals surface area (Å²) >= 11 is 0. The van der Waals surface area contributed by atoms with Gasteiger partial charge in [0.2, 0.25) is 0 Å². The standard InChI is InChI=1S/C22H31NO2/c1-5-17(3)21-12-7-8-13-22(21)24-15-14-23-19-10-9-11-20(16-19)25-18(4)6-2/h7-13,16-18,23H,5-6,14-15H2,1-4H3/t17-,18+/m0/s1. The van der Waals surface area contributed by atoms with Crippen LogP contribution in [0.5, 0.6) is 11.5 Å². The molecule has 136 valence electrons. The van der Waals surface area contributed by atoms with Crippen LogP contribution < -0.4 is 14.8 Å². The van der Waals surface area contributed by atoms with Crippen LogP contribution in [-0.4, -0.2) is 19.3 Å². The molecule has 2 aromatic rings. The second kappa shape index (κ2) is 9.97. The Hall–Kier alpha value is -2.16. The largest absolute Gasteiger partial charge is 0.491 e. The molecule has 0 aliphatic heterocycles. The Morgan fingerprint density at radius 1 is 0.960 bits per heavy atom. The van der Waals surface area contributed by atoms with Gasteiger partial charge in [0.1, 0.15) is 18.1 Å². The van der Waals surface area contributed by atoms with Gasteiger partial charge in [0.15, 0.2) is 0 Å². The van der Waals surface area contributed by atoms with Crippen molar-refractivity contribution in [2.75, 3.05) is 18.5 Å². The number of hydrogen-bond donors (Lipinski definition) is 1. The molecule has 0 saturated heterocycles. The van der Waals surface area contributed by atoms with Crippen molar-refractivity contribution in [3.05, 3.63) is 54.1 Å². The Labute approximate surface area is 152 Å². The van der Waals surface area contributed by atoms with Gasteiger partial charge in [-0.15, -0.1) is 0 Å². The van der Waals surface area contributed by atoms with Gasteiger partial charge in [0.25, 0.3) is 0 Å². The van der Waals surface area contributed by atoms with Crippen LogP contribution in [0.2, 0.25) is 0 Å². The van der Waals surface area contributed by atoms with Crippen LogP contribution in [0.3, 0.4) is 0 Å². The fourth-order valence-electron chi connectivity index (χ4n) is 2.59. The molecule has 3 nitrogen and oxygen atoms in total. The molecule has 0 fully saturated rings. The molecule has 2 atom stereocenters. The minimum Gasteiger partial charge on any atom is -0.491 e. The van der Waals surface area contributed by atoms with Gasteiger partial charge in [-0.1, -0.05) is 45.0 Å². The van der Waals surface area contributed by atoms with Crippen LogP contribution >= 0.6 is 0 Å². The predicted molar refractivity (Wildman–Crippen MR) is 106 cm³/mol. The van der Waals surface area contributed by atoms with Crippen molar-refractivity contribution in [1.29, 1.82) is 0 Å². The zero-order chi connectivity index (χ0) is 18.1. The third-order valence-electron chi connectivity index (χ3n) is 4.50. The summed E-state index contributed by atoms with van der Waals surface area (Å²) in [5.74, 6) is 2.41. The maximum Gasteiger partial charge on any atom is 0.122 e. The lowest BCUT2D eigenvalue weighted by molar-refractivity contribution is 0.217. The zero-order valence-corrected chi connectivity index (χ0v) is 15.9. The molecule has 0 aliphatic rings. The molecule has 3 heteroatoms. The van der Waals surface area contributed by atoms with E-state index in [1.54, 1.807) is 0 Å². The number of anilines is 1. The molecule has 0 saturated carbocycles. The smallest absolute Gasteiger partial charge is 0.122 e. The predicted octanol–water partition coefficient (Wildman–Crippen LogP) is 5.87. The van der Waals surface area contributed by atoms with Crippen LogP contribution in [0.25, 0.3) is 0 Å². The maximum atomic E-state index is 6.00. The first-order valence-corrected chi connectivity index (χ1v) is 9.36. The summed E-state index contributed by atoms with van der Waals surface area (Å²) in [5.41, 5.74) is 2.34. The highest BCUT2D eigenvalue weighted by Gasteiger charge is 2.09. The Balaban J connectivity index is 1.85. The van der Waals surface area contributed by atoms with Crippen LogP contribution in [0.1, 0.15) is 52.0 Å². The van der Waals surface area contributed by atoms with Gasteiger partial charge in [-0.25, -0.2) is 0 Å². The van der Waals surface area contributed by atoms with Crippen molar-refractivity contribution in [1.82, 2.24) is 0 Å². The third kappa shape index (κ3) is 6.00. The van der Waals surface area contributed by atoms with Gasteiger partial charge in [0, 0.05) is 18.3 Å². The van der Waals surface area contributed by atoms with E-state index >= 15 is 0 Å². The van der Waals surface area contributed by atoms with Gasteiger partial charge in [-0.3, -0.25) is 0 Å². The SMILES string of the molecule is CC[C@@H](C)Oc1cccc(NCCOc2ccccc2[C@@H](C)CC)c1. The van der Waals surface area contributed by atoms with E-state index < -0.39 is 0 Å². The fourth-order valence-corrected chi connectivity index (χ4v) is 2.59. The summed E-state index contributed by atoms with van der Waals surface area (Å²) < 4.78 is 11.9. The van der Waals surface area contributed by atoms with Gasteiger partial charge in [-0.2, -0.15) is 0 Å². The van der Waals surface area contributed by atoms with Gasteiger partial charge in [-0.05, 0) is 49.4 Å². The van der Waals surface area contributed by atoms with E-state index in [1.165, 1.54) is 5.56 Å². The summed E-state index contributed by atoms with van der Waals surface area (Å²) in [5, 5.41) is 3.40. The Morgan fingerprint density at radius 2 is 1.76 bits per heavy atom. The lowest BCUT2D eigenvalue weighted by Crippen LogP contribution is -2.13. The number of para-hydroxylation sites is 1. The summed E-state index contributed by atoms with van der Waals surface area (Å²) in [6, 6.07) is 16.4. The van der Waals surface area contributed by atoms with Crippen LogP contribution in [0.15, 0.2) is 48.5 Å². The van der Waals surface area contributed by atoms with E-state index in [-0.39, 0.29) is 6.10 Å². The lowest BCUT2D eigenvalue weighted by Gasteiger charge is -2.16. The molecule has 25 heavy (non-hydrogen) atoms.